The highest BCUT2D eigenvalue weighted by Crippen LogP contribution is 2.30. The lowest BCUT2D eigenvalue weighted by Crippen LogP contribution is -2.08. The number of benzene rings is 1. The molecule has 0 amide bonds. The first-order chi connectivity index (χ1) is 7.47. The quantitative estimate of drug-likeness (QED) is 0.690. The van der Waals surface area contributed by atoms with E-state index in [9.17, 15) is 13.2 Å². The van der Waals surface area contributed by atoms with Gasteiger partial charge in [0.2, 0.25) is 0 Å². The SMILES string of the molecule is CCC(CCl)Cc1cccc(C(F)(F)F)c1. The van der Waals surface area contributed by atoms with Crippen molar-refractivity contribution >= 4 is 11.6 Å². The molecule has 0 nitrogen and oxygen atoms in total. The number of hydrogen-bond acceptors (Lipinski definition) is 0. The molecular weight excluding hydrogens is 237 g/mol. The van der Waals surface area contributed by atoms with Crippen LogP contribution in [0.1, 0.15) is 24.5 Å². The first kappa shape index (κ1) is 13.4. The van der Waals surface area contributed by atoms with Gasteiger partial charge in [-0.1, -0.05) is 31.5 Å². The predicted octanol–water partition coefficient (Wildman–Crippen LogP) is 4.51. The van der Waals surface area contributed by atoms with Crippen molar-refractivity contribution < 1.29 is 13.2 Å². The second-order valence-corrected chi connectivity index (χ2v) is 4.14. The van der Waals surface area contributed by atoms with Crippen molar-refractivity contribution in [2.45, 2.75) is 25.9 Å². The summed E-state index contributed by atoms with van der Waals surface area (Å²) in [5.74, 6) is 0.720. The summed E-state index contributed by atoms with van der Waals surface area (Å²) in [5, 5.41) is 0. The van der Waals surface area contributed by atoms with Crippen LogP contribution in [0.3, 0.4) is 0 Å². The molecule has 0 N–H and O–H groups in total. The van der Waals surface area contributed by atoms with Crippen molar-refractivity contribution in [3.63, 3.8) is 0 Å². The normalized spacial score (nSPS) is 13.8. The Morgan fingerprint density at radius 1 is 1.31 bits per heavy atom. The first-order valence-corrected chi connectivity index (χ1v) is 5.73. The fourth-order valence-corrected chi connectivity index (χ4v) is 1.84. The minimum atomic E-state index is -4.27. The Kier molecular flexibility index (Phi) is 4.66. The van der Waals surface area contributed by atoms with Crippen LogP contribution in [0.25, 0.3) is 0 Å². The molecule has 0 saturated heterocycles. The Balaban J connectivity index is 2.82. The lowest BCUT2D eigenvalue weighted by atomic mass is 9.97. The van der Waals surface area contributed by atoms with Crippen LogP contribution < -0.4 is 0 Å². The van der Waals surface area contributed by atoms with Crippen molar-refractivity contribution in [3.8, 4) is 0 Å². The third-order valence-electron chi connectivity index (χ3n) is 2.57. The van der Waals surface area contributed by atoms with Gasteiger partial charge in [0.05, 0.1) is 5.56 Å². The number of halogens is 4. The van der Waals surface area contributed by atoms with Gasteiger partial charge in [-0.05, 0) is 24.0 Å². The second kappa shape index (κ2) is 5.58. The van der Waals surface area contributed by atoms with Gasteiger partial charge in [0, 0.05) is 5.88 Å². The summed E-state index contributed by atoms with van der Waals surface area (Å²) in [6.07, 6.45) is -2.79. The third-order valence-corrected chi connectivity index (χ3v) is 3.01. The van der Waals surface area contributed by atoms with Crippen molar-refractivity contribution in [2.24, 2.45) is 5.92 Å². The van der Waals surface area contributed by atoms with Gasteiger partial charge in [0.1, 0.15) is 0 Å². The topological polar surface area (TPSA) is 0 Å². The number of hydrogen-bond donors (Lipinski definition) is 0. The maximum atomic E-state index is 12.4. The van der Waals surface area contributed by atoms with Crippen molar-refractivity contribution in [1.82, 2.24) is 0 Å². The smallest absolute Gasteiger partial charge is 0.166 e. The van der Waals surface area contributed by atoms with E-state index in [1.807, 2.05) is 6.92 Å². The van der Waals surface area contributed by atoms with Crippen LogP contribution in [-0.2, 0) is 12.6 Å². The molecule has 0 aliphatic heterocycles. The molecule has 0 aromatic heterocycles. The van der Waals surface area contributed by atoms with E-state index in [1.54, 1.807) is 6.07 Å². The summed E-state index contributed by atoms with van der Waals surface area (Å²) < 4.78 is 37.3. The Morgan fingerprint density at radius 2 is 2.00 bits per heavy atom. The minimum Gasteiger partial charge on any atom is -0.166 e. The zero-order valence-electron chi connectivity index (χ0n) is 9.02. The summed E-state index contributed by atoms with van der Waals surface area (Å²) in [6.45, 7) is 1.99. The van der Waals surface area contributed by atoms with E-state index >= 15 is 0 Å². The summed E-state index contributed by atoms with van der Waals surface area (Å²) >= 11 is 5.73. The average Bonchev–Trinajstić information content (AvgIpc) is 2.25. The standard InChI is InChI=1S/C12H14ClF3/c1-2-9(8-13)6-10-4-3-5-11(7-10)12(14,15)16/h3-5,7,9H,2,6,8H2,1H3. The molecule has 1 rings (SSSR count). The largest absolute Gasteiger partial charge is 0.416 e. The first-order valence-electron chi connectivity index (χ1n) is 5.19. The van der Waals surface area contributed by atoms with Crippen LogP contribution in [0, 0.1) is 5.92 Å². The molecule has 0 fully saturated rings. The molecule has 1 atom stereocenters. The molecule has 1 unspecified atom stereocenters. The Bertz CT molecular complexity index is 329. The van der Waals surface area contributed by atoms with Crippen LogP contribution >= 0.6 is 11.6 Å². The molecule has 1 aromatic rings. The van der Waals surface area contributed by atoms with Crippen molar-refractivity contribution in [1.29, 1.82) is 0 Å². The molecule has 1 aromatic carbocycles. The monoisotopic (exact) mass is 250 g/mol. The van der Waals surface area contributed by atoms with E-state index < -0.39 is 11.7 Å². The van der Waals surface area contributed by atoms with Crippen molar-refractivity contribution in [2.75, 3.05) is 5.88 Å². The van der Waals surface area contributed by atoms with Gasteiger partial charge in [-0.25, -0.2) is 0 Å². The lowest BCUT2D eigenvalue weighted by molar-refractivity contribution is -0.137. The van der Waals surface area contributed by atoms with Gasteiger partial charge in [-0.2, -0.15) is 13.2 Å². The highest BCUT2D eigenvalue weighted by atomic mass is 35.5. The maximum Gasteiger partial charge on any atom is 0.416 e. The zero-order valence-corrected chi connectivity index (χ0v) is 9.78. The number of alkyl halides is 4. The molecule has 0 radical (unpaired) electrons. The second-order valence-electron chi connectivity index (χ2n) is 3.83. The average molecular weight is 251 g/mol. The maximum absolute atomic E-state index is 12.4. The number of rotatable bonds is 4. The molecule has 16 heavy (non-hydrogen) atoms. The van der Waals surface area contributed by atoms with Crippen LogP contribution in [-0.4, -0.2) is 5.88 Å². The van der Waals surface area contributed by atoms with Crippen LogP contribution in [0.2, 0.25) is 0 Å². The van der Waals surface area contributed by atoms with Gasteiger partial charge < -0.3 is 0 Å². The van der Waals surface area contributed by atoms with E-state index in [4.69, 9.17) is 11.6 Å². The fraction of sp³-hybridized carbons (Fsp3) is 0.500. The summed E-state index contributed by atoms with van der Waals surface area (Å²) in [4.78, 5) is 0. The molecule has 0 aliphatic rings. The molecule has 0 aliphatic carbocycles. The molecule has 0 spiro atoms. The predicted molar refractivity (Wildman–Crippen MR) is 59.6 cm³/mol. The Hall–Kier alpha value is -0.700. The fourth-order valence-electron chi connectivity index (χ4n) is 1.52. The minimum absolute atomic E-state index is 0.241. The zero-order chi connectivity index (χ0) is 12.2. The van der Waals surface area contributed by atoms with Gasteiger partial charge in [-0.15, -0.1) is 11.6 Å². The van der Waals surface area contributed by atoms with Gasteiger partial charge in [-0.3, -0.25) is 0 Å². The molecule has 0 heterocycles. The van der Waals surface area contributed by atoms with Gasteiger partial charge in [0.25, 0.3) is 0 Å². The molecule has 4 heteroatoms. The third kappa shape index (κ3) is 3.71. The molecule has 90 valence electrons. The van der Waals surface area contributed by atoms with Crippen LogP contribution in [0.4, 0.5) is 13.2 Å². The van der Waals surface area contributed by atoms with E-state index in [0.717, 1.165) is 12.5 Å². The van der Waals surface area contributed by atoms with E-state index in [2.05, 4.69) is 0 Å². The Morgan fingerprint density at radius 3 is 2.50 bits per heavy atom. The Labute approximate surface area is 98.4 Å². The van der Waals surface area contributed by atoms with Gasteiger partial charge >= 0.3 is 6.18 Å². The van der Waals surface area contributed by atoms with E-state index in [-0.39, 0.29) is 5.92 Å². The lowest BCUT2D eigenvalue weighted by Gasteiger charge is -2.13. The summed E-state index contributed by atoms with van der Waals surface area (Å²) in [5.41, 5.74) is 0.108. The summed E-state index contributed by atoms with van der Waals surface area (Å²) in [7, 11) is 0. The molecular formula is C12H14ClF3. The molecule has 0 saturated carbocycles. The van der Waals surface area contributed by atoms with Gasteiger partial charge in [0.15, 0.2) is 0 Å². The van der Waals surface area contributed by atoms with Crippen molar-refractivity contribution in [3.05, 3.63) is 35.4 Å². The van der Waals surface area contributed by atoms with E-state index in [0.29, 0.717) is 17.9 Å². The van der Waals surface area contributed by atoms with Crippen LogP contribution in [0.5, 0.6) is 0 Å². The highest BCUT2D eigenvalue weighted by Gasteiger charge is 2.30. The van der Waals surface area contributed by atoms with Crippen LogP contribution in [0.15, 0.2) is 24.3 Å². The summed E-state index contributed by atoms with van der Waals surface area (Å²) in [6, 6.07) is 5.45. The molecule has 0 bridgehead atoms. The van der Waals surface area contributed by atoms with E-state index in [1.165, 1.54) is 12.1 Å². The highest BCUT2D eigenvalue weighted by molar-refractivity contribution is 6.18.